The highest BCUT2D eigenvalue weighted by atomic mass is 32.1. The van der Waals surface area contributed by atoms with Gasteiger partial charge < -0.3 is 9.47 Å². The number of alkyl carbamates (subject to hydrolysis) is 1. The number of carbonyl (C=O) groups excluding carboxylic acids is 3. The fraction of sp³-hybridized carbons (Fsp3) is 0.611. The first kappa shape index (κ1) is 19.4. The fourth-order valence-electron chi connectivity index (χ4n) is 2.89. The Hall–Kier alpha value is -1.89. The van der Waals surface area contributed by atoms with Crippen LogP contribution in [-0.2, 0) is 27.1 Å². The van der Waals surface area contributed by atoms with E-state index < -0.39 is 24.1 Å². The highest BCUT2D eigenvalue weighted by molar-refractivity contribution is 7.14. The first-order valence-electron chi connectivity index (χ1n) is 8.33. The van der Waals surface area contributed by atoms with Gasteiger partial charge in [0.25, 0.3) is 5.91 Å². The van der Waals surface area contributed by atoms with Crippen molar-refractivity contribution < 1.29 is 23.9 Å². The number of fused-ring (bicyclic) bond motifs is 1. The van der Waals surface area contributed by atoms with Crippen molar-refractivity contribution in [3.63, 3.8) is 0 Å². The second-order valence-electron chi connectivity index (χ2n) is 7.39. The molecule has 1 aromatic rings. The van der Waals surface area contributed by atoms with Gasteiger partial charge >= 0.3 is 12.1 Å². The van der Waals surface area contributed by atoms with Crippen molar-refractivity contribution in [2.45, 2.75) is 53.1 Å². The molecule has 1 aliphatic rings. The first-order valence-corrected chi connectivity index (χ1v) is 9.14. The van der Waals surface area contributed by atoms with Crippen LogP contribution < -0.4 is 5.32 Å². The van der Waals surface area contributed by atoms with E-state index in [0.29, 0.717) is 10.8 Å². The number of hydrogen-bond donors (Lipinski definition) is 1. The minimum absolute atomic E-state index is 0.237. The molecule has 0 saturated carbocycles. The molecule has 1 aliphatic carbocycles. The summed E-state index contributed by atoms with van der Waals surface area (Å²) in [6.45, 7) is 8.14. The maximum atomic E-state index is 12.3. The molecule has 1 N–H and O–H groups in total. The van der Waals surface area contributed by atoms with E-state index in [1.165, 1.54) is 28.7 Å². The highest BCUT2D eigenvalue weighted by Gasteiger charge is 2.31. The zero-order valence-corrected chi connectivity index (χ0v) is 16.1. The van der Waals surface area contributed by atoms with E-state index in [1.807, 2.05) is 11.4 Å². The molecule has 0 bridgehead atoms. The average molecular weight is 367 g/mol. The predicted octanol–water partition coefficient (Wildman–Crippen LogP) is 3.33. The van der Waals surface area contributed by atoms with Crippen LogP contribution in [0.3, 0.4) is 0 Å². The van der Waals surface area contributed by atoms with Crippen molar-refractivity contribution in [2.75, 3.05) is 7.11 Å². The Morgan fingerprint density at radius 3 is 2.60 bits per heavy atom. The third kappa shape index (κ3) is 4.81. The van der Waals surface area contributed by atoms with Crippen LogP contribution in [-0.4, -0.2) is 31.2 Å². The molecular formula is C18H25NO5S. The second-order valence-corrected chi connectivity index (χ2v) is 8.53. The number of esters is 1. The monoisotopic (exact) mass is 367 g/mol. The molecule has 2 atom stereocenters. The van der Waals surface area contributed by atoms with Crippen LogP contribution in [0.2, 0.25) is 0 Å². The van der Waals surface area contributed by atoms with Crippen molar-refractivity contribution >= 4 is 29.3 Å². The molecule has 0 spiro atoms. The van der Waals surface area contributed by atoms with Crippen molar-refractivity contribution in [3.8, 4) is 0 Å². The van der Waals surface area contributed by atoms with Gasteiger partial charge in [-0.15, -0.1) is 11.3 Å². The second kappa shape index (κ2) is 7.56. The summed E-state index contributed by atoms with van der Waals surface area (Å²) in [6, 6.07) is 1.88. The summed E-state index contributed by atoms with van der Waals surface area (Å²) in [5, 5.41) is 1.98. The van der Waals surface area contributed by atoms with Crippen molar-refractivity contribution in [3.05, 3.63) is 21.4 Å². The number of amides is 2. The van der Waals surface area contributed by atoms with Crippen LogP contribution in [0.25, 0.3) is 0 Å². The number of carbonyl (C=O) groups is 3. The molecule has 1 aromatic heterocycles. The number of thiophene rings is 1. The van der Waals surface area contributed by atoms with E-state index in [9.17, 15) is 14.4 Å². The summed E-state index contributed by atoms with van der Waals surface area (Å²) >= 11 is 1.43. The molecular weight excluding hydrogens is 342 g/mol. The van der Waals surface area contributed by atoms with Crippen LogP contribution >= 0.6 is 11.3 Å². The third-order valence-corrected chi connectivity index (χ3v) is 5.79. The number of methoxy groups -OCH3 is 1. The van der Waals surface area contributed by atoms with Gasteiger partial charge in [-0.3, -0.25) is 10.1 Å². The highest BCUT2D eigenvalue weighted by Crippen LogP contribution is 2.40. The van der Waals surface area contributed by atoms with E-state index in [2.05, 4.69) is 25.5 Å². The molecule has 0 radical (unpaired) electrons. The predicted molar refractivity (Wildman–Crippen MR) is 94.7 cm³/mol. The zero-order valence-electron chi connectivity index (χ0n) is 15.3. The van der Waals surface area contributed by atoms with Gasteiger partial charge in [0, 0.05) is 4.88 Å². The SMILES string of the molecule is COC(=O)NC(=O)[C@H](C)OC(=O)c1cc2c(s1)CC[C@H](C(C)(C)C)C2. The van der Waals surface area contributed by atoms with E-state index in [-0.39, 0.29) is 5.41 Å². The summed E-state index contributed by atoms with van der Waals surface area (Å²) in [4.78, 5) is 36.8. The number of hydrogen-bond acceptors (Lipinski definition) is 6. The van der Waals surface area contributed by atoms with E-state index in [1.54, 1.807) is 0 Å². The largest absolute Gasteiger partial charge is 0.453 e. The summed E-state index contributed by atoms with van der Waals surface area (Å²) in [6.07, 6.45) is 1.08. The van der Waals surface area contributed by atoms with Gasteiger partial charge in [-0.2, -0.15) is 0 Å². The van der Waals surface area contributed by atoms with Gasteiger partial charge in [0.2, 0.25) is 0 Å². The Morgan fingerprint density at radius 2 is 2.00 bits per heavy atom. The Balaban J connectivity index is 2.01. The molecule has 0 fully saturated rings. The third-order valence-electron chi connectivity index (χ3n) is 4.57. The van der Waals surface area contributed by atoms with Crippen LogP contribution in [0, 0.1) is 11.3 Å². The fourth-order valence-corrected chi connectivity index (χ4v) is 3.98. The van der Waals surface area contributed by atoms with Gasteiger partial charge in [0.15, 0.2) is 6.10 Å². The van der Waals surface area contributed by atoms with Gasteiger partial charge in [-0.05, 0) is 49.1 Å². The van der Waals surface area contributed by atoms with Crippen molar-refractivity contribution in [1.29, 1.82) is 0 Å². The Morgan fingerprint density at radius 1 is 1.32 bits per heavy atom. The summed E-state index contributed by atoms with van der Waals surface area (Å²) in [5.41, 5.74) is 1.44. The smallest absolute Gasteiger partial charge is 0.413 e. The number of ether oxygens (including phenoxy) is 2. The molecule has 2 rings (SSSR count). The Labute approximate surface area is 151 Å². The lowest BCUT2D eigenvalue weighted by Crippen LogP contribution is -2.39. The Bertz CT molecular complexity index is 673. The standard InChI is InChI=1S/C18H25NO5S/c1-10(15(20)19-17(22)23-5)24-16(21)14-9-11-8-12(18(2,3)4)6-7-13(11)25-14/h9-10,12H,6-8H2,1-5H3,(H,19,20,22)/t10-,12-/m0/s1. The quantitative estimate of drug-likeness (QED) is 0.829. The molecule has 0 aromatic carbocycles. The molecule has 7 heteroatoms. The maximum absolute atomic E-state index is 12.3. The Kier molecular flexibility index (Phi) is 5.87. The van der Waals surface area contributed by atoms with E-state index in [4.69, 9.17) is 4.74 Å². The first-order chi connectivity index (χ1) is 11.6. The lowest BCUT2D eigenvalue weighted by atomic mass is 9.72. The normalized spacial score (nSPS) is 18.0. The zero-order chi connectivity index (χ0) is 18.8. The van der Waals surface area contributed by atoms with Crippen molar-refractivity contribution in [2.24, 2.45) is 11.3 Å². The van der Waals surface area contributed by atoms with Crippen LogP contribution in [0.5, 0.6) is 0 Å². The van der Waals surface area contributed by atoms with E-state index in [0.717, 1.165) is 26.4 Å². The molecule has 0 aliphatic heterocycles. The van der Waals surface area contributed by atoms with Crippen LogP contribution in [0.1, 0.15) is 54.2 Å². The maximum Gasteiger partial charge on any atom is 0.413 e. The van der Waals surface area contributed by atoms with Gasteiger partial charge in [0.05, 0.1) is 7.11 Å². The number of nitrogens with one attached hydrogen (secondary N) is 1. The van der Waals surface area contributed by atoms with Gasteiger partial charge in [0.1, 0.15) is 4.88 Å². The number of imide groups is 1. The lowest BCUT2D eigenvalue weighted by molar-refractivity contribution is -0.128. The molecule has 6 nitrogen and oxygen atoms in total. The minimum Gasteiger partial charge on any atom is -0.453 e. The molecule has 0 unspecified atom stereocenters. The van der Waals surface area contributed by atoms with Crippen LogP contribution in [0.15, 0.2) is 6.07 Å². The van der Waals surface area contributed by atoms with Gasteiger partial charge in [-0.25, -0.2) is 9.59 Å². The molecule has 138 valence electrons. The molecule has 25 heavy (non-hydrogen) atoms. The van der Waals surface area contributed by atoms with Crippen molar-refractivity contribution in [1.82, 2.24) is 5.32 Å². The topological polar surface area (TPSA) is 81.7 Å². The molecule has 1 heterocycles. The molecule has 0 saturated heterocycles. The number of rotatable bonds is 3. The van der Waals surface area contributed by atoms with Crippen LogP contribution in [0.4, 0.5) is 4.79 Å². The number of aryl methyl sites for hydroxylation is 1. The minimum atomic E-state index is -1.08. The summed E-state index contributed by atoms with van der Waals surface area (Å²) in [7, 11) is 1.15. The van der Waals surface area contributed by atoms with Gasteiger partial charge in [-0.1, -0.05) is 20.8 Å². The van der Waals surface area contributed by atoms with E-state index >= 15 is 0 Å². The molecule has 2 amide bonds. The summed E-state index contributed by atoms with van der Waals surface area (Å²) < 4.78 is 9.51. The lowest BCUT2D eigenvalue weighted by Gasteiger charge is -2.33. The summed E-state index contributed by atoms with van der Waals surface area (Å²) in [5.74, 6) is -0.670. The average Bonchev–Trinajstić information content (AvgIpc) is 2.96.